The van der Waals surface area contributed by atoms with E-state index in [1.165, 1.54) is 0 Å². The number of anilines is 2. The van der Waals surface area contributed by atoms with Gasteiger partial charge >= 0.3 is 0 Å². The highest BCUT2D eigenvalue weighted by atomic mass is 127. The highest BCUT2D eigenvalue weighted by molar-refractivity contribution is 14.1. The van der Waals surface area contributed by atoms with Crippen LogP contribution in [0.4, 0.5) is 11.4 Å². The number of hydrogen-bond acceptors (Lipinski definition) is 9. The summed E-state index contributed by atoms with van der Waals surface area (Å²) in [6, 6.07) is 19.2. The number of fused-ring (bicyclic) bond motifs is 2. The van der Waals surface area contributed by atoms with Gasteiger partial charge in [0.15, 0.2) is 0 Å². The van der Waals surface area contributed by atoms with Crippen molar-refractivity contribution in [3.63, 3.8) is 0 Å². The maximum Gasteiger partial charge on any atom is 0.262 e. The van der Waals surface area contributed by atoms with Gasteiger partial charge in [0.25, 0.3) is 17.7 Å². The summed E-state index contributed by atoms with van der Waals surface area (Å²) in [5, 5.41) is 15.1. The smallest absolute Gasteiger partial charge is 0.262 e. The molecule has 272 valence electrons. The molecule has 5 amide bonds. The summed E-state index contributed by atoms with van der Waals surface area (Å²) in [6.45, 7) is 6.05. The fourth-order valence-electron chi connectivity index (χ4n) is 8.49. The molecule has 4 aliphatic heterocycles. The van der Waals surface area contributed by atoms with Crippen molar-refractivity contribution in [2.24, 2.45) is 5.92 Å². The number of nitrogens with one attached hydrogen (secondary N) is 2. The average molecular weight is 826 g/mol. The maximum absolute atomic E-state index is 13.4. The Kier molecular flexibility index (Phi) is 9.44. The van der Waals surface area contributed by atoms with Crippen molar-refractivity contribution in [3.05, 3.63) is 93.5 Å². The van der Waals surface area contributed by atoms with Crippen LogP contribution in [0.15, 0.2) is 54.6 Å². The van der Waals surface area contributed by atoms with E-state index in [4.69, 9.17) is 0 Å². The molecule has 8 rings (SSSR count). The maximum atomic E-state index is 13.4. The third-order valence-corrected chi connectivity index (χ3v) is 12.7. The second-order valence-electron chi connectivity index (χ2n) is 15.0. The molecule has 3 aromatic carbocycles. The second-order valence-corrected chi connectivity index (χ2v) is 16.0. The van der Waals surface area contributed by atoms with Gasteiger partial charge in [-0.05, 0) is 110 Å². The number of nitrogens with zero attached hydrogens (tertiary/aromatic N) is 5. The largest absolute Gasteiger partial charge is 0.382 e. The van der Waals surface area contributed by atoms with E-state index in [2.05, 4.69) is 49.4 Å². The first-order valence-corrected chi connectivity index (χ1v) is 19.2. The Hall–Kier alpha value is -4.81. The monoisotopic (exact) mass is 825 g/mol. The average Bonchev–Trinajstić information content (AvgIpc) is 3.64. The molecule has 5 aliphatic rings. The van der Waals surface area contributed by atoms with E-state index in [-0.39, 0.29) is 30.7 Å². The molecule has 0 bridgehead atoms. The van der Waals surface area contributed by atoms with Gasteiger partial charge in [0.1, 0.15) is 6.04 Å². The molecule has 53 heavy (non-hydrogen) atoms. The fraction of sp³-hybridized carbons (Fsp3) is 0.400. The second kappa shape index (κ2) is 14.2. The summed E-state index contributed by atoms with van der Waals surface area (Å²) >= 11 is 2.18. The van der Waals surface area contributed by atoms with Crippen molar-refractivity contribution in [1.29, 1.82) is 5.26 Å². The minimum absolute atomic E-state index is 0.0319. The van der Waals surface area contributed by atoms with Gasteiger partial charge < -0.3 is 10.2 Å². The number of amides is 5. The highest BCUT2D eigenvalue weighted by Crippen LogP contribution is 2.35. The molecule has 1 aliphatic carbocycles. The van der Waals surface area contributed by atoms with E-state index in [9.17, 15) is 29.2 Å². The number of benzene rings is 3. The van der Waals surface area contributed by atoms with Crippen LogP contribution < -0.4 is 15.5 Å². The first-order valence-electron chi connectivity index (χ1n) is 18.3. The lowest BCUT2D eigenvalue weighted by Crippen LogP contribution is -2.54. The molecule has 3 fully saturated rings. The van der Waals surface area contributed by atoms with Crippen LogP contribution in [0.25, 0.3) is 0 Å². The van der Waals surface area contributed by atoms with Crippen molar-refractivity contribution >= 4 is 63.8 Å². The zero-order valence-corrected chi connectivity index (χ0v) is 31.6. The van der Waals surface area contributed by atoms with Gasteiger partial charge in [-0.15, -0.1) is 0 Å². The zero-order valence-electron chi connectivity index (χ0n) is 29.4. The summed E-state index contributed by atoms with van der Waals surface area (Å²) < 4.78 is 1.87. The van der Waals surface area contributed by atoms with Crippen LogP contribution >= 0.6 is 22.9 Å². The quantitative estimate of drug-likeness (QED) is 0.184. The van der Waals surface area contributed by atoms with Gasteiger partial charge in [0.2, 0.25) is 11.8 Å². The van der Waals surface area contributed by atoms with Crippen molar-refractivity contribution in [2.45, 2.75) is 76.7 Å². The zero-order chi connectivity index (χ0) is 37.0. The Morgan fingerprint density at radius 2 is 1.58 bits per heavy atom. The normalized spacial score (nSPS) is 22.9. The first-order chi connectivity index (χ1) is 25.6. The van der Waals surface area contributed by atoms with Gasteiger partial charge in [-0.2, -0.15) is 5.26 Å². The van der Waals surface area contributed by atoms with E-state index in [1.54, 1.807) is 0 Å². The van der Waals surface area contributed by atoms with Gasteiger partial charge in [-0.1, -0.05) is 0 Å². The minimum Gasteiger partial charge on any atom is -0.382 e. The van der Waals surface area contributed by atoms with Gasteiger partial charge in [-0.25, -0.2) is 0 Å². The molecular formula is C40H40IN7O5. The van der Waals surface area contributed by atoms with Crippen LogP contribution in [0.2, 0.25) is 0 Å². The lowest BCUT2D eigenvalue weighted by molar-refractivity contribution is -0.136. The van der Waals surface area contributed by atoms with Crippen LogP contribution in [-0.2, 0) is 22.7 Å². The first kappa shape index (κ1) is 35.2. The Morgan fingerprint density at radius 3 is 2.19 bits per heavy atom. The Morgan fingerprint density at radius 1 is 0.925 bits per heavy atom. The molecule has 1 unspecified atom stereocenters. The summed E-state index contributed by atoms with van der Waals surface area (Å²) in [5.41, 5.74) is 7.20. The molecule has 13 heteroatoms. The molecule has 1 saturated carbocycles. The molecule has 2 N–H and O–H groups in total. The summed E-state index contributed by atoms with van der Waals surface area (Å²) in [5.74, 6) is -1.43. The number of nitriles is 1. The van der Waals surface area contributed by atoms with E-state index in [1.807, 2.05) is 64.6 Å². The highest BCUT2D eigenvalue weighted by Gasteiger charge is 2.45. The minimum atomic E-state index is -0.961. The molecule has 3 aromatic rings. The topological polar surface area (TPSA) is 146 Å². The lowest BCUT2D eigenvalue weighted by atomic mass is 9.90. The van der Waals surface area contributed by atoms with Gasteiger partial charge in [-0.3, -0.25) is 42.2 Å². The molecule has 2 saturated heterocycles. The molecule has 0 spiro atoms. The van der Waals surface area contributed by atoms with Crippen molar-refractivity contribution < 1.29 is 24.0 Å². The number of rotatable bonds is 8. The number of halogens is 1. The number of aryl methyl sites for hydroxylation is 1. The number of carbonyl (C=O) groups is 5. The van der Waals surface area contributed by atoms with Gasteiger partial charge in [0.05, 0.1) is 45.6 Å². The van der Waals surface area contributed by atoms with E-state index in [0.717, 1.165) is 78.3 Å². The third-order valence-electron chi connectivity index (χ3n) is 11.4. The Balaban J connectivity index is 0.796. The molecule has 12 nitrogen and oxygen atoms in total. The predicted molar refractivity (Wildman–Crippen MR) is 205 cm³/mol. The molecular weight excluding hydrogens is 785 g/mol. The number of hydrogen-bond donors (Lipinski definition) is 2. The van der Waals surface area contributed by atoms with Crippen LogP contribution in [0.5, 0.6) is 0 Å². The number of carbonyl (C=O) groups excluding carboxylic acids is 5. The SMILES string of the molecule is Cc1cc(NC2CCC(N(I)C(=O)c3ccc(N4CC(CN5Cc6cc7c(cc6C5)C(=O)N(C5CCC(=O)NC5=O)C7=O)C4)cc3)CC2)ccc1C#N. The Labute approximate surface area is 322 Å². The standard InChI is InChI=1S/C40H40IN7O5/c1-23-14-30(5-2-26(23)17-42)43-29-6-10-32(11-7-29)48(41)38(51)25-3-8-31(9-4-25)46-19-24(20-46)18-45-21-27-15-33-34(16-28(27)22-45)40(53)47(39(33)52)35-12-13-36(49)44-37(35)50/h2-5,8-9,14-16,24,29,32,35,43H,6-7,10-13,18-22H2,1H3,(H,44,49,50). The van der Waals surface area contributed by atoms with Crippen molar-refractivity contribution in [3.8, 4) is 6.07 Å². The lowest BCUT2D eigenvalue weighted by Gasteiger charge is -2.42. The third kappa shape index (κ3) is 6.78. The molecule has 4 heterocycles. The molecule has 0 radical (unpaired) electrons. The summed E-state index contributed by atoms with van der Waals surface area (Å²) in [7, 11) is 0. The number of piperidine rings is 1. The molecule has 0 aromatic heterocycles. The summed E-state index contributed by atoms with van der Waals surface area (Å²) in [6.07, 6.45) is 4.05. The van der Waals surface area contributed by atoms with Gasteiger partial charge in [0, 0.05) is 74.1 Å². The van der Waals surface area contributed by atoms with E-state index in [0.29, 0.717) is 47.3 Å². The van der Waals surface area contributed by atoms with E-state index < -0.39 is 23.8 Å². The van der Waals surface area contributed by atoms with Crippen molar-refractivity contribution in [1.82, 2.24) is 18.2 Å². The summed E-state index contributed by atoms with van der Waals surface area (Å²) in [4.78, 5) is 69.6. The van der Waals surface area contributed by atoms with Crippen LogP contribution in [0.3, 0.4) is 0 Å². The van der Waals surface area contributed by atoms with Crippen LogP contribution in [0, 0.1) is 24.2 Å². The molecule has 1 atom stereocenters. The fourth-order valence-corrected chi connectivity index (χ4v) is 9.33. The van der Waals surface area contributed by atoms with Crippen molar-refractivity contribution in [2.75, 3.05) is 29.9 Å². The van der Waals surface area contributed by atoms with Crippen LogP contribution in [0.1, 0.15) is 91.9 Å². The predicted octanol–water partition coefficient (Wildman–Crippen LogP) is 4.94. The van der Waals surface area contributed by atoms with E-state index >= 15 is 0 Å². The number of imide groups is 2. The van der Waals surface area contributed by atoms with Crippen LogP contribution in [-0.4, -0.2) is 80.2 Å². The Bertz CT molecular complexity index is 2020.